The van der Waals surface area contributed by atoms with Crippen molar-refractivity contribution in [1.29, 1.82) is 0 Å². The van der Waals surface area contributed by atoms with Crippen LogP contribution in [-0.4, -0.2) is 15.1 Å². The molecule has 2 aromatic carbocycles. The molecular formula is C12H9NO4. The minimum Gasteiger partial charge on any atom is -0.508 e. The lowest BCUT2D eigenvalue weighted by molar-refractivity contribution is -0.384. The van der Waals surface area contributed by atoms with Gasteiger partial charge in [0.1, 0.15) is 11.5 Å². The number of aromatic hydroxyl groups is 2. The van der Waals surface area contributed by atoms with Crippen molar-refractivity contribution < 1.29 is 15.1 Å². The molecule has 0 aliphatic rings. The van der Waals surface area contributed by atoms with E-state index in [2.05, 4.69) is 0 Å². The van der Waals surface area contributed by atoms with Crippen LogP contribution < -0.4 is 0 Å². The summed E-state index contributed by atoms with van der Waals surface area (Å²) in [4.78, 5) is 10.3. The Hall–Kier alpha value is -2.56. The first-order valence-electron chi connectivity index (χ1n) is 4.85. The van der Waals surface area contributed by atoms with Gasteiger partial charge in [0.25, 0.3) is 5.69 Å². The molecule has 86 valence electrons. The fraction of sp³-hybridized carbons (Fsp3) is 0. The second-order valence-corrected chi connectivity index (χ2v) is 3.48. The highest BCUT2D eigenvalue weighted by atomic mass is 16.6. The number of para-hydroxylation sites is 1. The quantitative estimate of drug-likeness (QED) is 0.472. The first kappa shape index (κ1) is 10.9. The lowest BCUT2D eigenvalue weighted by atomic mass is 10.0. The van der Waals surface area contributed by atoms with Crippen molar-refractivity contribution in [3.63, 3.8) is 0 Å². The van der Waals surface area contributed by atoms with Gasteiger partial charge in [0.05, 0.1) is 10.5 Å². The minimum atomic E-state index is -0.529. The maximum absolute atomic E-state index is 10.9. The molecule has 0 atom stereocenters. The Morgan fingerprint density at radius 3 is 2.41 bits per heavy atom. The van der Waals surface area contributed by atoms with Crippen LogP contribution >= 0.6 is 0 Å². The lowest BCUT2D eigenvalue weighted by Gasteiger charge is -2.05. The average Bonchev–Trinajstić information content (AvgIpc) is 2.32. The summed E-state index contributed by atoms with van der Waals surface area (Å²) >= 11 is 0. The van der Waals surface area contributed by atoms with Crippen molar-refractivity contribution >= 4 is 5.69 Å². The zero-order valence-electron chi connectivity index (χ0n) is 8.70. The Labute approximate surface area is 96.7 Å². The van der Waals surface area contributed by atoms with Crippen molar-refractivity contribution in [3.8, 4) is 22.6 Å². The Morgan fingerprint density at radius 2 is 1.71 bits per heavy atom. The summed E-state index contributed by atoms with van der Waals surface area (Å²) < 4.78 is 0. The lowest BCUT2D eigenvalue weighted by Crippen LogP contribution is -1.91. The van der Waals surface area contributed by atoms with Gasteiger partial charge in [0.15, 0.2) is 0 Å². The second-order valence-electron chi connectivity index (χ2n) is 3.48. The number of nitrogens with zero attached hydrogens (tertiary/aromatic N) is 1. The third-order valence-electron chi connectivity index (χ3n) is 2.37. The van der Waals surface area contributed by atoms with Gasteiger partial charge in [0.2, 0.25) is 0 Å². The smallest absolute Gasteiger partial charge is 0.277 e. The van der Waals surface area contributed by atoms with Gasteiger partial charge in [-0.25, -0.2) is 0 Å². The molecule has 0 aromatic heterocycles. The van der Waals surface area contributed by atoms with Crippen molar-refractivity contribution in [2.75, 3.05) is 0 Å². The van der Waals surface area contributed by atoms with Crippen LogP contribution in [0.4, 0.5) is 5.69 Å². The number of phenols is 2. The number of hydrogen-bond donors (Lipinski definition) is 2. The Balaban J connectivity index is 2.68. The van der Waals surface area contributed by atoms with Gasteiger partial charge in [-0.1, -0.05) is 12.1 Å². The number of hydrogen-bond acceptors (Lipinski definition) is 4. The zero-order valence-corrected chi connectivity index (χ0v) is 8.70. The summed E-state index contributed by atoms with van der Waals surface area (Å²) in [7, 11) is 0. The molecular weight excluding hydrogens is 222 g/mol. The molecule has 0 fully saturated rings. The molecule has 0 radical (unpaired) electrons. The number of benzene rings is 2. The summed E-state index contributed by atoms with van der Waals surface area (Å²) in [6.07, 6.45) is 0. The van der Waals surface area contributed by atoms with E-state index in [1.54, 1.807) is 12.1 Å². The molecule has 2 N–H and O–H groups in total. The van der Waals surface area contributed by atoms with Crippen LogP contribution in [0, 0.1) is 10.1 Å². The highest BCUT2D eigenvalue weighted by Crippen LogP contribution is 2.37. The fourth-order valence-corrected chi connectivity index (χ4v) is 1.60. The maximum Gasteiger partial charge on any atom is 0.277 e. The summed E-state index contributed by atoms with van der Waals surface area (Å²) in [5.74, 6) is -0.173. The third-order valence-corrected chi connectivity index (χ3v) is 2.37. The molecule has 2 aromatic rings. The van der Waals surface area contributed by atoms with E-state index in [1.807, 2.05) is 0 Å². The molecule has 5 heteroatoms. The predicted octanol–water partition coefficient (Wildman–Crippen LogP) is 2.67. The van der Waals surface area contributed by atoms with E-state index in [-0.39, 0.29) is 28.3 Å². The standard InChI is InChI=1S/C12H9NO4/c14-8-5-6-12(15)10(7-8)9-3-1-2-4-11(9)13(16)17/h1-7,14-15H. The van der Waals surface area contributed by atoms with Gasteiger partial charge in [-0.05, 0) is 24.3 Å². The molecule has 0 amide bonds. The van der Waals surface area contributed by atoms with E-state index in [9.17, 15) is 20.3 Å². The van der Waals surface area contributed by atoms with Crippen LogP contribution in [0.1, 0.15) is 0 Å². The minimum absolute atomic E-state index is 0.0593. The summed E-state index contributed by atoms with van der Waals surface area (Å²) in [6.45, 7) is 0. The van der Waals surface area contributed by atoms with Gasteiger partial charge in [0, 0.05) is 11.6 Å². The van der Waals surface area contributed by atoms with Crippen LogP contribution in [0.15, 0.2) is 42.5 Å². The molecule has 17 heavy (non-hydrogen) atoms. The zero-order chi connectivity index (χ0) is 12.4. The normalized spacial score (nSPS) is 10.1. The van der Waals surface area contributed by atoms with Crippen LogP contribution in [0.5, 0.6) is 11.5 Å². The number of rotatable bonds is 2. The number of nitro groups is 1. The van der Waals surface area contributed by atoms with Crippen LogP contribution in [0.2, 0.25) is 0 Å². The highest BCUT2D eigenvalue weighted by Gasteiger charge is 2.17. The Bertz CT molecular complexity index is 580. The van der Waals surface area contributed by atoms with E-state index in [4.69, 9.17) is 0 Å². The van der Waals surface area contributed by atoms with E-state index >= 15 is 0 Å². The van der Waals surface area contributed by atoms with Crippen molar-refractivity contribution in [1.82, 2.24) is 0 Å². The van der Waals surface area contributed by atoms with Crippen LogP contribution in [0.25, 0.3) is 11.1 Å². The number of phenolic OH excluding ortho intramolecular Hbond substituents is 2. The van der Waals surface area contributed by atoms with Crippen molar-refractivity contribution in [2.45, 2.75) is 0 Å². The molecule has 0 saturated carbocycles. The topological polar surface area (TPSA) is 83.6 Å². The summed E-state index contributed by atoms with van der Waals surface area (Å²) in [5.41, 5.74) is 0.386. The van der Waals surface area contributed by atoms with Gasteiger partial charge >= 0.3 is 0 Å². The van der Waals surface area contributed by atoms with Crippen molar-refractivity contribution in [2.24, 2.45) is 0 Å². The van der Waals surface area contributed by atoms with Gasteiger partial charge in [-0.2, -0.15) is 0 Å². The first-order chi connectivity index (χ1) is 8.09. The SMILES string of the molecule is O=[N+]([O-])c1ccccc1-c1cc(O)ccc1O. The third kappa shape index (κ3) is 2.03. The predicted molar refractivity (Wildman–Crippen MR) is 61.9 cm³/mol. The first-order valence-corrected chi connectivity index (χ1v) is 4.85. The second kappa shape index (κ2) is 4.13. The molecule has 0 saturated heterocycles. The van der Waals surface area contributed by atoms with E-state index in [0.717, 1.165) is 0 Å². The molecule has 0 aliphatic heterocycles. The molecule has 0 heterocycles. The molecule has 0 aliphatic carbocycles. The molecule has 0 spiro atoms. The van der Waals surface area contributed by atoms with Crippen LogP contribution in [0.3, 0.4) is 0 Å². The van der Waals surface area contributed by atoms with Gasteiger partial charge < -0.3 is 10.2 Å². The Morgan fingerprint density at radius 1 is 1.00 bits per heavy atom. The van der Waals surface area contributed by atoms with E-state index in [1.165, 1.54) is 30.3 Å². The highest BCUT2D eigenvalue weighted by molar-refractivity contribution is 5.78. The summed E-state index contributed by atoms with van der Waals surface area (Å²) in [6, 6.07) is 9.94. The summed E-state index contributed by atoms with van der Waals surface area (Å²) in [5, 5.41) is 29.9. The van der Waals surface area contributed by atoms with Gasteiger partial charge in [-0.15, -0.1) is 0 Å². The molecule has 2 rings (SSSR count). The van der Waals surface area contributed by atoms with E-state index < -0.39 is 4.92 Å². The fourth-order valence-electron chi connectivity index (χ4n) is 1.60. The average molecular weight is 231 g/mol. The monoisotopic (exact) mass is 231 g/mol. The van der Waals surface area contributed by atoms with E-state index in [0.29, 0.717) is 0 Å². The Kier molecular flexibility index (Phi) is 2.66. The molecule has 0 bridgehead atoms. The van der Waals surface area contributed by atoms with Gasteiger partial charge in [-0.3, -0.25) is 10.1 Å². The molecule has 0 unspecified atom stereocenters. The number of nitro benzene ring substituents is 1. The maximum atomic E-state index is 10.9. The van der Waals surface area contributed by atoms with Crippen LogP contribution in [-0.2, 0) is 0 Å². The largest absolute Gasteiger partial charge is 0.508 e. The van der Waals surface area contributed by atoms with Crippen molar-refractivity contribution in [3.05, 3.63) is 52.6 Å². The molecule has 5 nitrogen and oxygen atoms in total.